The number of hydrogen-bond donors (Lipinski definition) is 2. The average molecular weight is 267 g/mol. The topological polar surface area (TPSA) is 79.2 Å². The van der Waals surface area contributed by atoms with E-state index in [0.717, 1.165) is 0 Å². The Morgan fingerprint density at radius 1 is 1.21 bits per heavy atom. The molecule has 1 fully saturated rings. The number of hydrogen-bond acceptors (Lipinski definition) is 5. The summed E-state index contributed by atoms with van der Waals surface area (Å²) < 4.78 is 10.4. The lowest BCUT2D eigenvalue weighted by Gasteiger charge is -2.15. The van der Waals surface area contributed by atoms with Crippen molar-refractivity contribution in [2.45, 2.75) is 12.2 Å². The lowest BCUT2D eigenvalue weighted by Crippen LogP contribution is -2.33. The van der Waals surface area contributed by atoms with Gasteiger partial charge in [0.05, 0.1) is 19.3 Å². The number of nitrogens with zero attached hydrogens (tertiary/aromatic N) is 1. The fourth-order valence-electron chi connectivity index (χ4n) is 1.88. The maximum Gasteiger partial charge on any atom is 0.260 e. The molecule has 19 heavy (non-hydrogen) atoms. The molecule has 1 aliphatic rings. The Balaban J connectivity index is 1.83. The molecule has 0 radical (unpaired) electrons. The SMILES string of the molecule is COc1ccc(OCC(=O)N2C[C@@H](O)[C@@H](O)C2)cc1. The van der Waals surface area contributed by atoms with Gasteiger partial charge in [-0.15, -0.1) is 0 Å². The molecular formula is C13H17NO5. The first kappa shape index (κ1) is 13.6. The maximum atomic E-state index is 11.8. The highest BCUT2D eigenvalue weighted by Crippen LogP contribution is 2.17. The van der Waals surface area contributed by atoms with Crippen molar-refractivity contribution in [3.8, 4) is 11.5 Å². The van der Waals surface area contributed by atoms with Crippen LogP contribution < -0.4 is 9.47 Å². The van der Waals surface area contributed by atoms with Gasteiger partial charge in [0.1, 0.15) is 11.5 Å². The van der Waals surface area contributed by atoms with Gasteiger partial charge in [-0.2, -0.15) is 0 Å². The zero-order valence-corrected chi connectivity index (χ0v) is 10.7. The molecular weight excluding hydrogens is 250 g/mol. The van der Waals surface area contributed by atoms with Crippen LogP contribution in [0.25, 0.3) is 0 Å². The number of ether oxygens (including phenoxy) is 2. The molecule has 2 atom stereocenters. The lowest BCUT2D eigenvalue weighted by atomic mass is 10.3. The van der Waals surface area contributed by atoms with Crippen molar-refractivity contribution in [1.82, 2.24) is 4.90 Å². The third-order valence-corrected chi connectivity index (χ3v) is 3.03. The molecule has 2 rings (SSSR count). The Kier molecular flexibility index (Phi) is 4.24. The number of aliphatic hydroxyl groups is 2. The molecule has 0 saturated carbocycles. The summed E-state index contributed by atoms with van der Waals surface area (Å²) in [6.07, 6.45) is -1.74. The number of carbonyl (C=O) groups excluding carboxylic acids is 1. The summed E-state index contributed by atoms with van der Waals surface area (Å²) in [4.78, 5) is 13.2. The van der Waals surface area contributed by atoms with Crippen LogP contribution >= 0.6 is 0 Å². The van der Waals surface area contributed by atoms with Gasteiger partial charge >= 0.3 is 0 Å². The number of methoxy groups -OCH3 is 1. The van der Waals surface area contributed by atoms with E-state index in [2.05, 4.69) is 0 Å². The number of amides is 1. The molecule has 6 nitrogen and oxygen atoms in total. The zero-order chi connectivity index (χ0) is 13.8. The minimum absolute atomic E-state index is 0.119. The van der Waals surface area contributed by atoms with Crippen LogP contribution in [-0.4, -0.2) is 60.0 Å². The van der Waals surface area contributed by atoms with Gasteiger partial charge in [0.15, 0.2) is 6.61 Å². The van der Waals surface area contributed by atoms with Crippen LogP contribution in [0.4, 0.5) is 0 Å². The predicted octanol–water partition coefficient (Wildman–Crippen LogP) is -0.362. The molecule has 0 aromatic heterocycles. The van der Waals surface area contributed by atoms with Gasteiger partial charge in [-0.05, 0) is 24.3 Å². The normalized spacial score (nSPS) is 22.4. The summed E-state index contributed by atoms with van der Waals surface area (Å²) in [6, 6.07) is 6.89. The second-order valence-electron chi connectivity index (χ2n) is 4.40. The standard InChI is InChI=1S/C13H17NO5/c1-18-9-2-4-10(5-3-9)19-8-13(17)14-6-11(15)12(16)7-14/h2-5,11-12,15-16H,6-8H2,1H3/t11-,12+. The van der Waals surface area contributed by atoms with E-state index < -0.39 is 12.2 Å². The first-order valence-corrected chi connectivity index (χ1v) is 6.01. The smallest absolute Gasteiger partial charge is 0.260 e. The van der Waals surface area contributed by atoms with E-state index >= 15 is 0 Å². The van der Waals surface area contributed by atoms with Crippen LogP contribution in [0.15, 0.2) is 24.3 Å². The number of benzene rings is 1. The zero-order valence-electron chi connectivity index (χ0n) is 10.7. The predicted molar refractivity (Wildman–Crippen MR) is 67.1 cm³/mol. The van der Waals surface area contributed by atoms with Gasteiger partial charge in [-0.25, -0.2) is 0 Å². The second-order valence-corrected chi connectivity index (χ2v) is 4.40. The van der Waals surface area contributed by atoms with Crippen molar-refractivity contribution < 1.29 is 24.5 Å². The number of aliphatic hydroxyl groups excluding tert-OH is 2. The summed E-state index contributed by atoms with van der Waals surface area (Å²) in [7, 11) is 1.57. The van der Waals surface area contributed by atoms with Crippen molar-refractivity contribution in [1.29, 1.82) is 0 Å². The van der Waals surface area contributed by atoms with Gasteiger partial charge < -0.3 is 24.6 Å². The Labute approximate surface area is 111 Å². The van der Waals surface area contributed by atoms with Crippen LogP contribution in [0.5, 0.6) is 11.5 Å². The highest BCUT2D eigenvalue weighted by atomic mass is 16.5. The first-order chi connectivity index (χ1) is 9.10. The summed E-state index contributed by atoms with van der Waals surface area (Å²) in [5.74, 6) is 1.02. The van der Waals surface area contributed by atoms with Crippen molar-refractivity contribution in [3.05, 3.63) is 24.3 Å². The fourth-order valence-corrected chi connectivity index (χ4v) is 1.88. The Morgan fingerprint density at radius 2 is 1.74 bits per heavy atom. The van der Waals surface area contributed by atoms with Crippen LogP contribution in [0, 0.1) is 0 Å². The lowest BCUT2D eigenvalue weighted by molar-refractivity contribution is -0.132. The van der Waals surface area contributed by atoms with Gasteiger partial charge in [0, 0.05) is 13.1 Å². The first-order valence-electron chi connectivity index (χ1n) is 6.01. The molecule has 0 unspecified atom stereocenters. The minimum atomic E-state index is -0.870. The second kappa shape index (κ2) is 5.90. The maximum absolute atomic E-state index is 11.8. The third-order valence-electron chi connectivity index (χ3n) is 3.03. The molecule has 1 heterocycles. The van der Waals surface area contributed by atoms with Crippen molar-refractivity contribution >= 4 is 5.91 Å². The van der Waals surface area contributed by atoms with Crippen LogP contribution in [0.1, 0.15) is 0 Å². The molecule has 104 valence electrons. The van der Waals surface area contributed by atoms with Gasteiger partial charge in [0.2, 0.25) is 0 Å². The summed E-state index contributed by atoms with van der Waals surface area (Å²) in [5.41, 5.74) is 0. The quantitative estimate of drug-likeness (QED) is 0.778. The van der Waals surface area contributed by atoms with E-state index in [9.17, 15) is 15.0 Å². The van der Waals surface area contributed by atoms with E-state index in [0.29, 0.717) is 11.5 Å². The minimum Gasteiger partial charge on any atom is -0.497 e. The highest BCUT2D eigenvalue weighted by molar-refractivity contribution is 5.78. The third kappa shape index (κ3) is 3.36. The Hall–Kier alpha value is -1.79. The number of carbonyl (C=O) groups is 1. The number of likely N-dealkylation sites (tertiary alicyclic amines) is 1. The molecule has 1 amide bonds. The molecule has 0 aliphatic carbocycles. The fraction of sp³-hybridized carbons (Fsp3) is 0.462. The monoisotopic (exact) mass is 267 g/mol. The molecule has 0 bridgehead atoms. The summed E-state index contributed by atoms with van der Waals surface area (Å²) >= 11 is 0. The largest absolute Gasteiger partial charge is 0.497 e. The Bertz CT molecular complexity index is 423. The van der Waals surface area contributed by atoms with E-state index in [1.54, 1.807) is 31.4 Å². The van der Waals surface area contributed by atoms with E-state index in [-0.39, 0.29) is 25.6 Å². The molecule has 1 aromatic rings. The highest BCUT2D eigenvalue weighted by Gasteiger charge is 2.32. The average Bonchev–Trinajstić information content (AvgIpc) is 2.77. The van der Waals surface area contributed by atoms with Gasteiger partial charge in [-0.1, -0.05) is 0 Å². The summed E-state index contributed by atoms with van der Waals surface area (Å²) in [6.45, 7) is 0.170. The Morgan fingerprint density at radius 3 is 2.26 bits per heavy atom. The van der Waals surface area contributed by atoms with Gasteiger partial charge in [-0.3, -0.25) is 4.79 Å². The van der Waals surface area contributed by atoms with E-state index in [1.807, 2.05) is 0 Å². The van der Waals surface area contributed by atoms with E-state index in [1.165, 1.54) is 4.90 Å². The molecule has 1 saturated heterocycles. The molecule has 6 heteroatoms. The van der Waals surface area contributed by atoms with Gasteiger partial charge in [0.25, 0.3) is 5.91 Å². The molecule has 1 aromatic carbocycles. The molecule has 0 spiro atoms. The van der Waals surface area contributed by atoms with Crippen LogP contribution in [-0.2, 0) is 4.79 Å². The molecule has 2 N–H and O–H groups in total. The van der Waals surface area contributed by atoms with Crippen LogP contribution in [0.2, 0.25) is 0 Å². The van der Waals surface area contributed by atoms with Crippen molar-refractivity contribution in [2.24, 2.45) is 0 Å². The summed E-state index contributed by atoms with van der Waals surface area (Å²) in [5, 5.41) is 18.7. The number of β-amino-alcohol motifs (C(OH)–C–C–N with tert-alkyl or cyclic N) is 2. The van der Waals surface area contributed by atoms with Crippen molar-refractivity contribution in [2.75, 3.05) is 26.8 Å². The van der Waals surface area contributed by atoms with Crippen LogP contribution in [0.3, 0.4) is 0 Å². The van der Waals surface area contributed by atoms with E-state index in [4.69, 9.17) is 9.47 Å². The van der Waals surface area contributed by atoms with Crippen molar-refractivity contribution in [3.63, 3.8) is 0 Å². The molecule has 1 aliphatic heterocycles. The number of rotatable bonds is 4.